The molecule has 0 saturated heterocycles. The molecule has 96 valence electrons. The van der Waals surface area contributed by atoms with E-state index in [1.165, 1.54) is 6.07 Å². The zero-order chi connectivity index (χ0) is 12.8. The summed E-state index contributed by atoms with van der Waals surface area (Å²) >= 11 is 0. The van der Waals surface area contributed by atoms with Gasteiger partial charge in [-0.05, 0) is 19.5 Å². The highest BCUT2D eigenvalue weighted by atomic mass is 16.4. The largest absolute Gasteiger partial charge is 0.420 e. The lowest BCUT2D eigenvalue weighted by Crippen LogP contribution is -2.14. The van der Waals surface area contributed by atoms with E-state index in [0.717, 1.165) is 19.5 Å². The quantitative estimate of drug-likeness (QED) is 0.744. The minimum absolute atomic E-state index is 0.128. The van der Waals surface area contributed by atoms with Gasteiger partial charge in [0, 0.05) is 24.9 Å². The molecule has 0 radical (unpaired) electrons. The Kier molecular flexibility index (Phi) is 4.25. The minimum Gasteiger partial charge on any atom is -0.420 e. The second kappa shape index (κ2) is 6.11. The Hall–Kier alpha value is -1.95. The molecule has 2 heterocycles. The van der Waals surface area contributed by atoms with Crippen molar-refractivity contribution in [2.24, 2.45) is 0 Å². The highest BCUT2D eigenvalue weighted by Gasteiger charge is 2.10. The third kappa shape index (κ3) is 3.04. The molecule has 2 aromatic heterocycles. The van der Waals surface area contributed by atoms with E-state index in [1.807, 2.05) is 0 Å². The van der Waals surface area contributed by atoms with E-state index >= 15 is 0 Å². The second-order valence-corrected chi connectivity index (χ2v) is 3.88. The molecule has 0 atom stereocenters. The molecule has 0 aliphatic heterocycles. The van der Waals surface area contributed by atoms with Crippen LogP contribution in [0, 0.1) is 0 Å². The third-order valence-electron chi connectivity index (χ3n) is 2.52. The van der Waals surface area contributed by atoms with Crippen LogP contribution in [0.5, 0.6) is 0 Å². The second-order valence-electron chi connectivity index (χ2n) is 3.88. The maximum Gasteiger partial charge on any atom is 0.253 e. The Morgan fingerprint density at radius 2 is 2.33 bits per heavy atom. The van der Waals surface area contributed by atoms with E-state index in [1.54, 1.807) is 12.4 Å². The molecule has 0 aliphatic rings. The van der Waals surface area contributed by atoms with Crippen molar-refractivity contribution in [2.45, 2.75) is 19.8 Å². The average Bonchev–Trinajstić information content (AvgIpc) is 2.84. The molecule has 0 aliphatic carbocycles. The van der Waals surface area contributed by atoms with Crippen molar-refractivity contribution in [1.82, 2.24) is 20.5 Å². The number of pyridine rings is 1. The SMILES string of the molecule is CCNCCCc1nnc(-c2c[nH]ccc2=O)o1. The van der Waals surface area contributed by atoms with Gasteiger partial charge in [0.1, 0.15) is 5.56 Å². The summed E-state index contributed by atoms with van der Waals surface area (Å²) in [6, 6.07) is 1.43. The molecule has 0 fully saturated rings. The first-order chi connectivity index (χ1) is 8.81. The van der Waals surface area contributed by atoms with E-state index in [4.69, 9.17) is 4.42 Å². The summed E-state index contributed by atoms with van der Waals surface area (Å²) in [7, 11) is 0. The van der Waals surface area contributed by atoms with Crippen LogP contribution < -0.4 is 10.7 Å². The van der Waals surface area contributed by atoms with Gasteiger partial charge < -0.3 is 14.7 Å². The fourth-order valence-electron chi connectivity index (χ4n) is 1.59. The molecule has 6 nitrogen and oxygen atoms in total. The third-order valence-corrected chi connectivity index (χ3v) is 2.52. The van der Waals surface area contributed by atoms with Crippen LogP contribution in [0.3, 0.4) is 0 Å². The molecule has 0 saturated carbocycles. The smallest absolute Gasteiger partial charge is 0.253 e. The average molecular weight is 248 g/mol. The number of H-pyrrole nitrogens is 1. The van der Waals surface area contributed by atoms with Crippen LogP contribution in [0.15, 0.2) is 27.7 Å². The van der Waals surface area contributed by atoms with Gasteiger partial charge in [-0.3, -0.25) is 4.79 Å². The monoisotopic (exact) mass is 248 g/mol. The Balaban J connectivity index is 2.02. The highest BCUT2D eigenvalue weighted by Crippen LogP contribution is 2.12. The van der Waals surface area contributed by atoms with E-state index in [0.29, 0.717) is 17.9 Å². The molecule has 0 spiro atoms. The molecule has 0 bridgehead atoms. The summed E-state index contributed by atoms with van der Waals surface area (Å²) < 4.78 is 5.46. The highest BCUT2D eigenvalue weighted by molar-refractivity contribution is 5.49. The van der Waals surface area contributed by atoms with Crippen LogP contribution in [0.2, 0.25) is 0 Å². The Morgan fingerprint density at radius 1 is 1.44 bits per heavy atom. The molecule has 6 heteroatoms. The van der Waals surface area contributed by atoms with Crippen LogP contribution in [-0.2, 0) is 6.42 Å². The fourth-order valence-corrected chi connectivity index (χ4v) is 1.59. The van der Waals surface area contributed by atoms with Crippen molar-refractivity contribution in [1.29, 1.82) is 0 Å². The zero-order valence-corrected chi connectivity index (χ0v) is 10.3. The van der Waals surface area contributed by atoms with E-state index < -0.39 is 0 Å². The minimum atomic E-state index is -0.128. The summed E-state index contributed by atoms with van der Waals surface area (Å²) in [5, 5.41) is 11.0. The molecule has 0 amide bonds. The molecule has 2 aromatic rings. The summed E-state index contributed by atoms with van der Waals surface area (Å²) in [6.45, 7) is 3.93. The van der Waals surface area contributed by atoms with Crippen LogP contribution in [-0.4, -0.2) is 28.3 Å². The van der Waals surface area contributed by atoms with E-state index in [-0.39, 0.29) is 11.3 Å². The molecule has 0 unspecified atom stereocenters. The van der Waals surface area contributed by atoms with E-state index in [9.17, 15) is 4.79 Å². The van der Waals surface area contributed by atoms with Gasteiger partial charge in [-0.2, -0.15) is 0 Å². The van der Waals surface area contributed by atoms with E-state index in [2.05, 4.69) is 27.4 Å². The van der Waals surface area contributed by atoms with Gasteiger partial charge in [0.05, 0.1) is 0 Å². The molecule has 18 heavy (non-hydrogen) atoms. The maximum atomic E-state index is 11.6. The standard InChI is InChI=1S/C12H16N4O2/c1-2-13-6-3-4-11-15-16-12(18-11)9-8-14-7-5-10(9)17/h5,7-8,13H,2-4,6H2,1H3,(H,14,17). The molecular weight excluding hydrogens is 232 g/mol. The van der Waals surface area contributed by atoms with Gasteiger partial charge in [0.15, 0.2) is 5.43 Å². The van der Waals surface area contributed by atoms with Crippen molar-refractivity contribution < 1.29 is 4.42 Å². The Morgan fingerprint density at radius 3 is 3.11 bits per heavy atom. The number of nitrogens with one attached hydrogen (secondary N) is 2. The molecule has 2 rings (SSSR count). The van der Waals surface area contributed by atoms with Crippen molar-refractivity contribution in [3.63, 3.8) is 0 Å². The van der Waals surface area contributed by atoms with Gasteiger partial charge in [0.2, 0.25) is 5.89 Å². The van der Waals surface area contributed by atoms with Crippen molar-refractivity contribution in [3.05, 3.63) is 34.6 Å². The normalized spacial score (nSPS) is 10.7. The number of hydrogen-bond donors (Lipinski definition) is 2. The molecular formula is C12H16N4O2. The zero-order valence-electron chi connectivity index (χ0n) is 10.3. The van der Waals surface area contributed by atoms with Gasteiger partial charge in [-0.15, -0.1) is 10.2 Å². The lowest BCUT2D eigenvalue weighted by molar-refractivity contribution is 0.492. The summed E-state index contributed by atoms with van der Waals surface area (Å²) in [5.41, 5.74) is 0.277. The van der Waals surface area contributed by atoms with Crippen LogP contribution in [0.4, 0.5) is 0 Å². The molecule has 2 N–H and O–H groups in total. The van der Waals surface area contributed by atoms with Gasteiger partial charge in [-0.25, -0.2) is 0 Å². The summed E-state index contributed by atoms with van der Waals surface area (Å²) in [6.07, 6.45) is 4.78. The van der Waals surface area contributed by atoms with Gasteiger partial charge >= 0.3 is 0 Å². The molecule has 0 aromatic carbocycles. The van der Waals surface area contributed by atoms with Crippen LogP contribution in [0.1, 0.15) is 19.2 Å². The van der Waals surface area contributed by atoms with Crippen LogP contribution in [0.25, 0.3) is 11.5 Å². The lowest BCUT2D eigenvalue weighted by atomic mass is 10.3. The number of nitrogens with zero attached hydrogens (tertiary/aromatic N) is 2. The first-order valence-corrected chi connectivity index (χ1v) is 6.02. The summed E-state index contributed by atoms with van der Waals surface area (Å²) in [5.74, 6) is 0.835. The number of aromatic amines is 1. The number of hydrogen-bond acceptors (Lipinski definition) is 5. The van der Waals surface area contributed by atoms with Crippen molar-refractivity contribution >= 4 is 0 Å². The van der Waals surface area contributed by atoms with Crippen molar-refractivity contribution in [2.75, 3.05) is 13.1 Å². The summed E-state index contributed by atoms with van der Waals surface area (Å²) in [4.78, 5) is 14.4. The number of rotatable bonds is 6. The first kappa shape index (κ1) is 12.5. The Labute approximate surface area is 104 Å². The van der Waals surface area contributed by atoms with Crippen molar-refractivity contribution in [3.8, 4) is 11.5 Å². The predicted octanol–water partition coefficient (Wildman–Crippen LogP) is 0.967. The topological polar surface area (TPSA) is 83.8 Å². The number of aromatic nitrogens is 3. The van der Waals surface area contributed by atoms with Gasteiger partial charge in [0.25, 0.3) is 5.89 Å². The fraction of sp³-hybridized carbons (Fsp3) is 0.417. The Bertz CT molecular complexity index is 547. The van der Waals surface area contributed by atoms with Crippen LogP contribution >= 0.6 is 0 Å². The number of aryl methyl sites for hydroxylation is 1. The first-order valence-electron chi connectivity index (χ1n) is 6.02. The predicted molar refractivity (Wildman–Crippen MR) is 67.2 cm³/mol. The maximum absolute atomic E-state index is 11.6. The lowest BCUT2D eigenvalue weighted by Gasteiger charge is -1.97. The van der Waals surface area contributed by atoms with Gasteiger partial charge in [-0.1, -0.05) is 6.92 Å².